The van der Waals surface area contributed by atoms with Gasteiger partial charge in [0.05, 0.1) is 18.1 Å². The van der Waals surface area contributed by atoms with E-state index in [-0.39, 0.29) is 11.1 Å². The Morgan fingerprint density at radius 1 is 1.30 bits per heavy atom. The number of fused-ring (bicyclic) bond motifs is 2. The minimum Gasteiger partial charge on any atom is -0.468 e. The molecule has 2 amide bonds. The van der Waals surface area contributed by atoms with Gasteiger partial charge in [-0.1, -0.05) is 0 Å². The summed E-state index contributed by atoms with van der Waals surface area (Å²) in [6, 6.07) is 2.74. The number of rotatable bonds is 2. The molecule has 1 heterocycles. The predicted molar refractivity (Wildman–Crippen MR) is 70.4 cm³/mol. The third-order valence-corrected chi connectivity index (χ3v) is 4.26. The second kappa shape index (κ2) is 4.81. The molecule has 1 aliphatic carbocycles. The van der Waals surface area contributed by atoms with Crippen LogP contribution in [0, 0.1) is 0 Å². The molecule has 0 bridgehead atoms. The molecule has 1 spiro atoms. The average molecular weight is 327 g/mol. The Morgan fingerprint density at radius 2 is 1.96 bits per heavy atom. The minimum absolute atomic E-state index is 0.0269. The summed E-state index contributed by atoms with van der Waals surface area (Å²) in [6.07, 6.45) is -3.85. The van der Waals surface area contributed by atoms with Gasteiger partial charge in [-0.25, -0.2) is 0 Å². The van der Waals surface area contributed by atoms with Gasteiger partial charge in [-0.05, 0) is 36.6 Å². The Kier molecular flexibility index (Phi) is 3.24. The molecular formula is C15H12F3NO4. The molecule has 3 rings (SSSR count). The van der Waals surface area contributed by atoms with E-state index in [1.165, 1.54) is 0 Å². The lowest BCUT2D eigenvalue weighted by atomic mass is 9.84. The van der Waals surface area contributed by atoms with E-state index in [0.717, 1.165) is 30.2 Å². The number of carbonyl (C=O) groups excluding carboxylic acids is 3. The van der Waals surface area contributed by atoms with Crippen molar-refractivity contribution in [2.24, 2.45) is 0 Å². The molecule has 23 heavy (non-hydrogen) atoms. The Labute approximate surface area is 129 Å². The number of amides is 2. The second-order valence-corrected chi connectivity index (χ2v) is 5.61. The maximum atomic E-state index is 12.9. The molecule has 0 radical (unpaired) electrons. The summed E-state index contributed by atoms with van der Waals surface area (Å²) in [4.78, 5) is 37.0. The first-order valence-corrected chi connectivity index (χ1v) is 6.85. The molecule has 5 nitrogen and oxygen atoms in total. The van der Waals surface area contributed by atoms with E-state index >= 15 is 0 Å². The van der Waals surface area contributed by atoms with Gasteiger partial charge in [0, 0.05) is 5.56 Å². The molecule has 1 aliphatic heterocycles. The number of alkyl halides is 3. The largest absolute Gasteiger partial charge is 0.468 e. The Hall–Kier alpha value is -2.38. The van der Waals surface area contributed by atoms with Crippen molar-refractivity contribution in [3.63, 3.8) is 0 Å². The zero-order valence-corrected chi connectivity index (χ0v) is 12.1. The van der Waals surface area contributed by atoms with Crippen LogP contribution in [0.2, 0.25) is 0 Å². The molecule has 0 saturated heterocycles. The average Bonchev–Trinajstić information content (AvgIpc) is 3.30. The van der Waals surface area contributed by atoms with Gasteiger partial charge in [0.1, 0.15) is 6.54 Å². The fourth-order valence-corrected chi connectivity index (χ4v) is 2.86. The molecule has 122 valence electrons. The third-order valence-electron chi connectivity index (χ3n) is 4.26. The summed E-state index contributed by atoms with van der Waals surface area (Å²) in [5.41, 5.74) is -1.90. The highest BCUT2D eigenvalue weighted by atomic mass is 19.4. The van der Waals surface area contributed by atoms with Gasteiger partial charge in [0.2, 0.25) is 5.91 Å². The molecule has 0 unspecified atom stereocenters. The first-order chi connectivity index (χ1) is 10.7. The maximum absolute atomic E-state index is 12.9. The van der Waals surface area contributed by atoms with Crippen LogP contribution in [-0.4, -0.2) is 36.3 Å². The van der Waals surface area contributed by atoms with Crippen molar-refractivity contribution in [3.05, 3.63) is 34.9 Å². The van der Waals surface area contributed by atoms with Crippen molar-refractivity contribution in [3.8, 4) is 0 Å². The second-order valence-electron chi connectivity index (χ2n) is 5.61. The summed E-state index contributed by atoms with van der Waals surface area (Å²) < 4.78 is 43.1. The van der Waals surface area contributed by atoms with Crippen LogP contribution in [0.25, 0.3) is 0 Å². The monoisotopic (exact) mass is 327 g/mol. The number of esters is 1. The van der Waals surface area contributed by atoms with E-state index in [0.29, 0.717) is 12.8 Å². The molecular weight excluding hydrogens is 315 g/mol. The fourth-order valence-electron chi connectivity index (χ4n) is 2.86. The first-order valence-electron chi connectivity index (χ1n) is 6.85. The number of imide groups is 1. The van der Waals surface area contributed by atoms with Crippen molar-refractivity contribution in [1.29, 1.82) is 0 Å². The predicted octanol–water partition coefficient (Wildman–Crippen LogP) is 1.89. The Balaban J connectivity index is 2.08. The minimum atomic E-state index is -4.56. The molecule has 1 aromatic rings. The van der Waals surface area contributed by atoms with Crippen LogP contribution in [0.5, 0.6) is 0 Å². The molecule has 8 heteroatoms. The van der Waals surface area contributed by atoms with Gasteiger partial charge < -0.3 is 4.74 Å². The first kappa shape index (κ1) is 15.5. The maximum Gasteiger partial charge on any atom is 0.416 e. The van der Waals surface area contributed by atoms with Crippen molar-refractivity contribution in [1.82, 2.24) is 4.90 Å². The van der Waals surface area contributed by atoms with Crippen molar-refractivity contribution in [2.45, 2.75) is 24.4 Å². The lowest BCUT2D eigenvalue weighted by molar-refractivity contribution is -0.146. The highest BCUT2D eigenvalue weighted by molar-refractivity contribution is 6.15. The van der Waals surface area contributed by atoms with Crippen molar-refractivity contribution in [2.75, 3.05) is 13.7 Å². The van der Waals surface area contributed by atoms with Crippen LogP contribution in [0.4, 0.5) is 13.2 Å². The third kappa shape index (κ3) is 2.29. The molecule has 0 aromatic heterocycles. The van der Waals surface area contributed by atoms with Crippen molar-refractivity contribution >= 4 is 17.8 Å². The van der Waals surface area contributed by atoms with Gasteiger partial charge in [-0.3, -0.25) is 19.3 Å². The summed E-state index contributed by atoms with van der Waals surface area (Å²) in [5, 5.41) is 0. The number of hydrogen-bond acceptors (Lipinski definition) is 4. The summed E-state index contributed by atoms with van der Waals surface area (Å²) in [7, 11) is 1.12. The number of halogens is 3. The van der Waals surface area contributed by atoms with Crippen LogP contribution in [-0.2, 0) is 25.9 Å². The van der Waals surface area contributed by atoms with E-state index in [1.807, 2.05) is 0 Å². The molecule has 0 N–H and O–H groups in total. The quantitative estimate of drug-likeness (QED) is 0.615. The highest BCUT2D eigenvalue weighted by Gasteiger charge is 2.59. The van der Waals surface area contributed by atoms with Crippen LogP contribution in [0.3, 0.4) is 0 Å². The highest BCUT2D eigenvalue weighted by Crippen LogP contribution is 2.54. The molecule has 0 atom stereocenters. The number of nitrogens with zero attached hydrogens (tertiary/aromatic N) is 1. The Morgan fingerprint density at radius 3 is 2.48 bits per heavy atom. The van der Waals surface area contributed by atoms with E-state index in [2.05, 4.69) is 4.74 Å². The van der Waals surface area contributed by atoms with Gasteiger partial charge >= 0.3 is 12.1 Å². The van der Waals surface area contributed by atoms with Gasteiger partial charge in [-0.15, -0.1) is 0 Å². The van der Waals surface area contributed by atoms with Gasteiger partial charge in [-0.2, -0.15) is 13.2 Å². The van der Waals surface area contributed by atoms with E-state index in [4.69, 9.17) is 0 Å². The standard InChI is InChI=1S/C15H12F3NO4/c1-23-11(20)7-19-12(21)9-3-2-8(15(16,17)18)6-10(9)14(4-5-14)13(19)22/h2-3,6H,4-5,7H2,1H3. The number of carbonyl (C=O) groups is 3. The van der Waals surface area contributed by atoms with E-state index in [9.17, 15) is 27.6 Å². The summed E-state index contributed by atoms with van der Waals surface area (Å²) >= 11 is 0. The zero-order valence-electron chi connectivity index (χ0n) is 12.1. The smallest absolute Gasteiger partial charge is 0.416 e. The lowest BCUT2D eigenvalue weighted by Crippen LogP contribution is -2.50. The van der Waals surface area contributed by atoms with Crippen LogP contribution in [0.1, 0.15) is 34.3 Å². The normalized spacial score (nSPS) is 18.9. The number of hydrogen-bond donors (Lipinski definition) is 0. The molecule has 1 fully saturated rings. The number of benzene rings is 1. The summed E-state index contributed by atoms with van der Waals surface area (Å²) in [5.74, 6) is -2.18. The molecule has 1 aromatic carbocycles. The summed E-state index contributed by atoms with van der Waals surface area (Å²) in [6.45, 7) is -0.545. The Bertz CT molecular complexity index is 722. The molecule has 1 saturated carbocycles. The van der Waals surface area contributed by atoms with E-state index < -0.39 is 41.5 Å². The van der Waals surface area contributed by atoms with E-state index in [1.54, 1.807) is 0 Å². The number of methoxy groups -OCH3 is 1. The van der Waals surface area contributed by atoms with Crippen LogP contribution >= 0.6 is 0 Å². The van der Waals surface area contributed by atoms with Crippen LogP contribution < -0.4 is 0 Å². The van der Waals surface area contributed by atoms with Crippen LogP contribution in [0.15, 0.2) is 18.2 Å². The van der Waals surface area contributed by atoms with Gasteiger partial charge in [0.25, 0.3) is 5.91 Å². The topological polar surface area (TPSA) is 63.7 Å². The molecule has 2 aliphatic rings. The lowest BCUT2D eigenvalue weighted by Gasteiger charge is -2.32. The van der Waals surface area contributed by atoms with Crippen molar-refractivity contribution < 1.29 is 32.3 Å². The SMILES string of the molecule is COC(=O)CN1C(=O)c2ccc(C(F)(F)F)cc2C2(CC2)C1=O. The number of ether oxygens (including phenoxy) is 1. The fraction of sp³-hybridized carbons (Fsp3) is 0.400. The van der Waals surface area contributed by atoms with Gasteiger partial charge in [0.15, 0.2) is 0 Å². The zero-order chi connectivity index (χ0) is 17.0.